The number of ether oxygens (including phenoxy) is 1. The first-order chi connectivity index (χ1) is 11.2. The van der Waals surface area contributed by atoms with Crippen molar-refractivity contribution < 1.29 is 14.9 Å². The molecule has 2 aliphatic rings. The second-order valence-electron chi connectivity index (χ2n) is 6.69. The topological polar surface area (TPSA) is 53.0 Å². The van der Waals surface area contributed by atoms with Gasteiger partial charge < -0.3 is 14.9 Å². The van der Waals surface area contributed by atoms with Crippen LogP contribution < -0.4 is 0 Å². The first-order valence-corrected chi connectivity index (χ1v) is 7.96. The monoisotopic (exact) mass is 302 g/mol. The van der Waals surface area contributed by atoms with E-state index in [0.29, 0.717) is 0 Å². The Hall–Kier alpha value is -2.20. The van der Waals surface area contributed by atoms with E-state index in [-0.39, 0.29) is 12.2 Å². The van der Waals surface area contributed by atoms with Crippen LogP contribution in [0.2, 0.25) is 0 Å². The minimum absolute atomic E-state index is 0.0898. The number of aliphatic hydroxyl groups excluding tert-OH is 2. The van der Waals surface area contributed by atoms with Gasteiger partial charge in [0.15, 0.2) is 0 Å². The Labute approximate surface area is 132 Å². The van der Waals surface area contributed by atoms with Crippen molar-refractivity contribution in [3.05, 3.63) is 59.7 Å². The molecule has 4 aromatic carbocycles. The molecule has 23 heavy (non-hydrogen) atoms. The van der Waals surface area contributed by atoms with Gasteiger partial charge in [0.05, 0.1) is 0 Å². The summed E-state index contributed by atoms with van der Waals surface area (Å²) in [5.41, 5.74) is 1.86. The molecule has 0 aromatic heterocycles. The fraction of sp³-hybridized carbons (Fsp3) is 0.200. The summed E-state index contributed by atoms with van der Waals surface area (Å²) < 4.78 is 5.67. The highest BCUT2D eigenvalue weighted by molar-refractivity contribution is 6.23. The number of rotatable bonds is 0. The molecule has 0 bridgehead atoms. The molecular weight excluding hydrogens is 288 g/mol. The summed E-state index contributed by atoms with van der Waals surface area (Å²) in [5.74, 6) is 0. The van der Waals surface area contributed by atoms with Gasteiger partial charge in [0.2, 0.25) is 0 Å². The van der Waals surface area contributed by atoms with Gasteiger partial charge in [-0.1, -0.05) is 42.5 Å². The molecule has 1 aliphatic heterocycles. The van der Waals surface area contributed by atoms with Crippen LogP contribution in [-0.2, 0) is 4.74 Å². The van der Waals surface area contributed by atoms with Crippen molar-refractivity contribution in [1.29, 1.82) is 0 Å². The Morgan fingerprint density at radius 1 is 0.826 bits per heavy atom. The summed E-state index contributed by atoms with van der Waals surface area (Å²) >= 11 is 0. The van der Waals surface area contributed by atoms with Crippen molar-refractivity contribution >= 4 is 32.3 Å². The van der Waals surface area contributed by atoms with Crippen LogP contribution in [0.15, 0.2) is 48.5 Å². The van der Waals surface area contributed by atoms with Crippen LogP contribution in [0.1, 0.15) is 23.3 Å². The predicted octanol–water partition coefficient (Wildman–Crippen LogP) is 3.43. The van der Waals surface area contributed by atoms with Crippen molar-refractivity contribution in [2.45, 2.75) is 24.4 Å². The van der Waals surface area contributed by atoms with Crippen LogP contribution in [-0.4, -0.2) is 22.4 Å². The van der Waals surface area contributed by atoms with Gasteiger partial charge in [0.1, 0.15) is 24.4 Å². The number of hydrogen-bond donors (Lipinski definition) is 2. The van der Waals surface area contributed by atoms with Crippen LogP contribution in [0.3, 0.4) is 0 Å². The van der Waals surface area contributed by atoms with E-state index in [1.807, 2.05) is 6.07 Å². The number of hydrogen-bond acceptors (Lipinski definition) is 3. The Kier molecular flexibility index (Phi) is 2.03. The molecule has 3 nitrogen and oxygen atoms in total. The minimum atomic E-state index is -0.879. The molecule has 0 saturated carbocycles. The molecule has 1 fully saturated rings. The molecule has 1 saturated heterocycles. The highest BCUT2D eigenvalue weighted by Gasteiger charge is 2.54. The lowest BCUT2D eigenvalue weighted by molar-refractivity contribution is 0.000163. The highest BCUT2D eigenvalue weighted by atomic mass is 16.6. The van der Waals surface area contributed by atoms with Gasteiger partial charge in [-0.3, -0.25) is 0 Å². The number of epoxide rings is 1. The SMILES string of the molecule is O[C@@H]1c2cc3ccc4cccc5ccc(c2C2OC2[C@H]1O)c3c45. The maximum atomic E-state index is 10.5. The zero-order valence-corrected chi connectivity index (χ0v) is 12.2. The van der Waals surface area contributed by atoms with Crippen LogP contribution >= 0.6 is 0 Å². The summed E-state index contributed by atoms with van der Waals surface area (Å²) in [7, 11) is 0. The molecular formula is C20H14O3. The van der Waals surface area contributed by atoms with E-state index in [2.05, 4.69) is 42.5 Å². The smallest absolute Gasteiger partial charge is 0.118 e. The molecule has 2 unspecified atom stereocenters. The fourth-order valence-corrected chi connectivity index (χ4v) is 4.40. The van der Waals surface area contributed by atoms with Crippen molar-refractivity contribution in [3.8, 4) is 0 Å². The molecule has 3 heteroatoms. The maximum Gasteiger partial charge on any atom is 0.118 e. The van der Waals surface area contributed by atoms with Crippen molar-refractivity contribution in [2.24, 2.45) is 0 Å². The summed E-state index contributed by atoms with van der Waals surface area (Å²) in [6, 6.07) is 16.9. The van der Waals surface area contributed by atoms with Crippen LogP contribution in [0.25, 0.3) is 32.3 Å². The van der Waals surface area contributed by atoms with Gasteiger partial charge in [0, 0.05) is 0 Å². The molecule has 1 heterocycles. The first kappa shape index (κ1) is 12.3. The van der Waals surface area contributed by atoms with Gasteiger partial charge in [-0.25, -0.2) is 0 Å². The number of aliphatic hydroxyl groups is 2. The van der Waals surface area contributed by atoms with Gasteiger partial charge in [0.25, 0.3) is 0 Å². The maximum absolute atomic E-state index is 10.5. The third-order valence-corrected chi connectivity index (χ3v) is 5.51. The van der Waals surface area contributed by atoms with Gasteiger partial charge in [-0.2, -0.15) is 0 Å². The van der Waals surface area contributed by atoms with E-state index in [9.17, 15) is 10.2 Å². The van der Waals surface area contributed by atoms with Crippen molar-refractivity contribution in [1.82, 2.24) is 0 Å². The Bertz CT molecular complexity index is 1080. The van der Waals surface area contributed by atoms with Gasteiger partial charge >= 0.3 is 0 Å². The lowest BCUT2D eigenvalue weighted by atomic mass is 9.81. The molecule has 0 radical (unpaired) electrons. The van der Waals surface area contributed by atoms with Gasteiger partial charge in [-0.05, 0) is 49.5 Å². The standard InChI is InChI=1S/C20H14O3/c21-17-13-8-11-5-4-9-2-1-3-10-6-7-12(15(11)14(9)10)16(13)19-20(23-19)18(17)22/h1-8,17-22H/t17-,18+,19?,20?/m1/s1. The second-order valence-corrected chi connectivity index (χ2v) is 6.69. The van der Waals surface area contributed by atoms with Gasteiger partial charge in [-0.15, -0.1) is 0 Å². The summed E-state index contributed by atoms with van der Waals surface area (Å²) in [4.78, 5) is 0. The summed E-state index contributed by atoms with van der Waals surface area (Å²) in [5, 5.41) is 27.8. The molecule has 1 aliphatic carbocycles. The molecule has 2 N–H and O–H groups in total. The van der Waals surface area contributed by atoms with Crippen molar-refractivity contribution in [3.63, 3.8) is 0 Å². The molecule has 4 aromatic rings. The average molecular weight is 302 g/mol. The molecule has 4 atom stereocenters. The quantitative estimate of drug-likeness (QED) is 0.386. The third-order valence-electron chi connectivity index (χ3n) is 5.51. The lowest BCUT2D eigenvalue weighted by Crippen LogP contribution is -2.29. The first-order valence-electron chi connectivity index (χ1n) is 7.96. The van der Waals surface area contributed by atoms with E-state index >= 15 is 0 Å². The minimum Gasteiger partial charge on any atom is -0.387 e. The zero-order valence-electron chi connectivity index (χ0n) is 12.2. The van der Waals surface area contributed by atoms with E-state index in [4.69, 9.17) is 4.74 Å². The average Bonchev–Trinajstić information content (AvgIpc) is 3.37. The third kappa shape index (κ3) is 1.36. The Balaban J connectivity index is 1.86. The van der Waals surface area contributed by atoms with Crippen LogP contribution in [0, 0.1) is 0 Å². The predicted molar refractivity (Wildman–Crippen MR) is 88.7 cm³/mol. The lowest BCUT2D eigenvalue weighted by Gasteiger charge is -2.25. The Morgan fingerprint density at radius 3 is 2.39 bits per heavy atom. The van der Waals surface area contributed by atoms with E-state index in [1.165, 1.54) is 21.5 Å². The number of fused-ring (bicyclic) bond motifs is 4. The molecule has 6 rings (SSSR count). The number of benzene rings is 4. The molecule has 0 amide bonds. The molecule has 112 valence electrons. The highest BCUT2D eigenvalue weighted by Crippen LogP contribution is 2.54. The van der Waals surface area contributed by atoms with E-state index in [0.717, 1.165) is 21.9 Å². The molecule has 0 spiro atoms. The summed E-state index contributed by atoms with van der Waals surface area (Å²) in [6.07, 6.45) is -2.07. The van der Waals surface area contributed by atoms with E-state index in [1.54, 1.807) is 0 Å². The largest absolute Gasteiger partial charge is 0.387 e. The van der Waals surface area contributed by atoms with Crippen molar-refractivity contribution in [2.75, 3.05) is 0 Å². The Morgan fingerprint density at radius 2 is 1.57 bits per heavy atom. The normalized spacial score (nSPS) is 29.1. The van der Waals surface area contributed by atoms with E-state index < -0.39 is 12.2 Å². The van der Waals surface area contributed by atoms with Crippen LogP contribution in [0.4, 0.5) is 0 Å². The van der Waals surface area contributed by atoms with Crippen LogP contribution in [0.5, 0.6) is 0 Å². The second kappa shape index (κ2) is 3.82. The zero-order chi connectivity index (χ0) is 15.3. The fourth-order valence-electron chi connectivity index (χ4n) is 4.40. The summed E-state index contributed by atoms with van der Waals surface area (Å²) in [6.45, 7) is 0.